The van der Waals surface area contributed by atoms with Gasteiger partial charge in [0.25, 0.3) is 5.56 Å². The SMILES string of the molecule is Cc1ccc2c(c1)-c1nn(C)c(=O)c(C)c1C(C)C2. The van der Waals surface area contributed by atoms with Gasteiger partial charge in [0.2, 0.25) is 0 Å². The number of rotatable bonds is 0. The zero-order valence-corrected chi connectivity index (χ0v) is 11.8. The van der Waals surface area contributed by atoms with Gasteiger partial charge in [-0.1, -0.05) is 24.6 Å². The molecule has 3 rings (SSSR count). The fraction of sp³-hybridized carbons (Fsp3) is 0.375. The summed E-state index contributed by atoms with van der Waals surface area (Å²) >= 11 is 0. The van der Waals surface area contributed by atoms with Crippen LogP contribution in [-0.4, -0.2) is 9.78 Å². The Hall–Kier alpha value is -1.90. The molecule has 1 aliphatic rings. The van der Waals surface area contributed by atoms with Gasteiger partial charge in [0, 0.05) is 18.2 Å². The largest absolute Gasteiger partial charge is 0.269 e. The van der Waals surface area contributed by atoms with Crippen LogP contribution in [0.3, 0.4) is 0 Å². The van der Waals surface area contributed by atoms with Crippen molar-refractivity contribution in [3.8, 4) is 11.3 Å². The van der Waals surface area contributed by atoms with Crippen molar-refractivity contribution in [2.45, 2.75) is 33.1 Å². The van der Waals surface area contributed by atoms with Gasteiger partial charge in [0.05, 0.1) is 5.69 Å². The summed E-state index contributed by atoms with van der Waals surface area (Å²) in [5.74, 6) is 0.353. The van der Waals surface area contributed by atoms with Crippen molar-refractivity contribution in [1.29, 1.82) is 0 Å². The summed E-state index contributed by atoms with van der Waals surface area (Å²) in [6.45, 7) is 6.18. The van der Waals surface area contributed by atoms with Crippen LogP contribution in [0.5, 0.6) is 0 Å². The minimum Gasteiger partial charge on any atom is -0.268 e. The van der Waals surface area contributed by atoms with Gasteiger partial charge >= 0.3 is 0 Å². The highest BCUT2D eigenvalue weighted by molar-refractivity contribution is 5.71. The van der Waals surface area contributed by atoms with Crippen LogP contribution in [0.15, 0.2) is 23.0 Å². The molecule has 2 aromatic rings. The second-order valence-electron chi connectivity index (χ2n) is 5.58. The lowest BCUT2D eigenvalue weighted by molar-refractivity contribution is 0.660. The Morgan fingerprint density at radius 2 is 2.05 bits per heavy atom. The lowest BCUT2D eigenvalue weighted by atomic mass is 9.80. The van der Waals surface area contributed by atoms with E-state index >= 15 is 0 Å². The molecule has 0 aliphatic heterocycles. The summed E-state index contributed by atoms with van der Waals surface area (Å²) < 4.78 is 1.46. The van der Waals surface area contributed by atoms with Gasteiger partial charge in [-0.2, -0.15) is 5.10 Å². The Kier molecular flexibility index (Phi) is 2.59. The Bertz CT molecular complexity index is 728. The molecule has 1 aliphatic carbocycles. The van der Waals surface area contributed by atoms with Crippen molar-refractivity contribution in [2.24, 2.45) is 7.05 Å². The normalized spacial score (nSPS) is 16.9. The van der Waals surface area contributed by atoms with Crippen molar-refractivity contribution in [1.82, 2.24) is 9.78 Å². The highest BCUT2D eigenvalue weighted by Gasteiger charge is 2.26. The molecular weight excluding hydrogens is 236 g/mol. The first kappa shape index (κ1) is 12.2. The first-order chi connectivity index (χ1) is 8.99. The van der Waals surface area contributed by atoms with E-state index in [1.807, 2.05) is 6.92 Å². The van der Waals surface area contributed by atoms with E-state index in [4.69, 9.17) is 0 Å². The van der Waals surface area contributed by atoms with Gasteiger partial charge in [-0.3, -0.25) is 4.79 Å². The number of fused-ring (bicyclic) bond motifs is 3. The van der Waals surface area contributed by atoms with Crippen LogP contribution in [0.25, 0.3) is 11.3 Å². The van der Waals surface area contributed by atoms with Crippen LogP contribution in [0.2, 0.25) is 0 Å². The zero-order chi connectivity index (χ0) is 13.7. The molecule has 1 unspecified atom stereocenters. The van der Waals surface area contributed by atoms with Crippen molar-refractivity contribution < 1.29 is 0 Å². The number of hydrogen-bond donors (Lipinski definition) is 0. The molecule has 0 radical (unpaired) electrons. The number of nitrogens with zero attached hydrogens (tertiary/aromatic N) is 2. The Morgan fingerprint density at radius 3 is 2.79 bits per heavy atom. The standard InChI is InChI=1S/C16H18N2O/c1-9-5-6-12-8-10(2)14-11(3)16(19)18(4)17-15(14)13(12)7-9/h5-7,10H,8H2,1-4H3. The summed E-state index contributed by atoms with van der Waals surface area (Å²) in [7, 11) is 1.73. The van der Waals surface area contributed by atoms with Gasteiger partial charge in [-0.15, -0.1) is 0 Å². The number of benzene rings is 1. The molecule has 1 atom stereocenters. The molecule has 1 aromatic heterocycles. The summed E-state index contributed by atoms with van der Waals surface area (Å²) in [6.07, 6.45) is 0.984. The molecule has 3 heteroatoms. The lowest BCUT2D eigenvalue weighted by Crippen LogP contribution is -2.27. The first-order valence-corrected chi connectivity index (χ1v) is 6.66. The van der Waals surface area contributed by atoms with E-state index in [1.54, 1.807) is 7.05 Å². The molecule has 3 nitrogen and oxygen atoms in total. The van der Waals surface area contributed by atoms with Gasteiger partial charge in [-0.05, 0) is 43.4 Å². The Labute approximate surface area is 112 Å². The van der Waals surface area contributed by atoms with Crippen LogP contribution >= 0.6 is 0 Å². The first-order valence-electron chi connectivity index (χ1n) is 6.66. The molecule has 0 saturated heterocycles. The number of hydrogen-bond acceptors (Lipinski definition) is 2. The minimum atomic E-state index is 0.0155. The van der Waals surface area contributed by atoms with Crippen LogP contribution < -0.4 is 5.56 Å². The fourth-order valence-electron chi connectivity index (χ4n) is 3.11. The van der Waals surface area contributed by atoms with Crippen molar-refractivity contribution in [3.05, 3.63) is 50.8 Å². The van der Waals surface area contributed by atoms with E-state index < -0.39 is 0 Å². The molecule has 0 spiro atoms. The number of aryl methyl sites for hydroxylation is 2. The van der Waals surface area contributed by atoms with E-state index in [0.29, 0.717) is 5.92 Å². The summed E-state index contributed by atoms with van der Waals surface area (Å²) in [6, 6.07) is 6.51. The van der Waals surface area contributed by atoms with Crippen LogP contribution in [-0.2, 0) is 13.5 Å². The Balaban J connectivity index is 2.40. The third-order valence-electron chi connectivity index (χ3n) is 4.06. The molecule has 0 bridgehead atoms. The van der Waals surface area contributed by atoms with Crippen LogP contribution in [0.4, 0.5) is 0 Å². The number of aromatic nitrogens is 2. The molecule has 98 valence electrons. The molecule has 19 heavy (non-hydrogen) atoms. The second-order valence-corrected chi connectivity index (χ2v) is 5.58. The molecular formula is C16H18N2O. The lowest BCUT2D eigenvalue weighted by Gasteiger charge is -2.26. The predicted octanol–water partition coefficient (Wildman–Crippen LogP) is 2.72. The maximum atomic E-state index is 12.1. The van der Waals surface area contributed by atoms with Gasteiger partial charge in [0.15, 0.2) is 0 Å². The molecule has 0 N–H and O–H groups in total. The third-order valence-corrected chi connectivity index (χ3v) is 4.06. The Morgan fingerprint density at radius 1 is 1.32 bits per heavy atom. The highest BCUT2D eigenvalue weighted by Crippen LogP contribution is 2.39. The predicted molar refractivity (Wildman–Crippen MR) is 76.5 cm³/mol. The van der Waals surface area contributed by atoms with Gasteiger partial charge in [-0.25, -0.2) is 4.68 Å². The van der Waals surface area contributed by atoms with Crippen molar-refractivity contribution in [2.75, 3.05) is 0 Å². The molecule has 1 heterocycles. The summed E-state index contributed by atoms with van der Waals surface area (Å²) in [5, 5.41) is 4.51. The van der Waals surface area contributed by atoms with E-state index in [-0.39, 0.29) is 5.56 Å². The van der Waals surface area contributed by atoms with Crippen LogP contribution in [0, 0.1) is 13.8 Å². The quantitative estimate of drug-likeness (QED) is 0.724. The van der Waals surface area contributed by atoms with Gasteiger partial charge in [0.1, 0.15) is 0 Å². The summed E-state index contributed by atoms with van der Waals surface area (Å²) in [4.78, 5) is 12.1. The summed E-state index contributed by atoms with van der Waals surface area (Å²) in [5.41, 5.74) is 6.71. The topological polar surface area (TPSA) is 34.9 Å². The monoisotopic (exact) mass is 254 g/mol. The van der Waals surface area contributed by atoms with E-state index in [1.165, 1.54) is 21.4 Å². The molecule has 0 saturated carbocycles. The van der Waals surface area contributed by atoms with Gasteiger partial charge < -0.3 is 0 Å². The second kappa shape index (κ2) is 4.05. The zero-order valence-electron chi connectivity index (χ0n) is 11.8. The molecule has 0 amide bonds. The average Bonchev–Trinajstić information content (AvgIpc) is 2.36. The van der Waals surface area contributed by atoms with Crippen molar-refractivity contribution in [3.63, 3.8) is 0 Å². The van der Waals surface area contributed by atoms with Crippen molar-refractivity contribution >= 4 is 0 Å². The minimum absolute atomic E-state index is 0.0155. The average molecular weight is 254 g/mol. The van der Waals surface area contributed by atoms with Crippen LogP contribution in [0.1, 0.15) is 35.1 Å². The van der Waals surface area contributed by atoms with E-state index in [2.05, 4.69) is 37.1 Å². The molecule has 1 aromatic carbocycles. The van der Waals surface area contributed by atoms with E-state index in [9.17, 15) is 4.79 Å². The third kappa shape index (κ3) is 1.72. The maximum Gasteiger partial charge on any atom is 0.269 e. The smallest absolute Gasteiger partial charge is 0.268 e. The fourth-order valence-corrected chi connectivity index (χ4v) is 3.11. The van der Waals surface area contributed by atoms with E-state index in [0.717, 1.165) is 23.2 Å². The highest BCUT2D eigenvalue weighted by atomic mass is 16.1. The molecule has 0 fully saturated rings. The maximum absolute atomic E-state index is 12.1.